The quantitative estimate of drug-likeness (QED) is 0.923. The van der Waals surface area contributed by atoms with Gasteiger partial charge < -0.3 is 10.1 Å². The maximum atomic E-state index is 5.61. The lowest BCUT2D eigenvalue weighted by molar-refractivity contribution is 0.357. The molecule has 0 saturated carbocycles. The number of fused-ring (bicyclic) bond motifs is 1. The summed E-state index contributed by atoms with van der Waals surface area (Å²) in [5.74, 6) is 1.70. The number of hydrogen-bond donors (Lipinski definition) is 1. The Balaban J connectivity index is 1.49. The molecule has 2 atom stereocenters. The van der Waals surface area contributed by atoms with E-state index in [0.29, 0.717) is 12.0 Å². The summed E-state index contributed by atoms with van der Waals surface area (Å²) in [5.41, 5.74) is 5.68. The Morgan fingerprint density at radius 1 is 1.09 bits per heavy atom. The van der Waals surface area contributed by atoms with Gasteiger partial charge in [-0.1, -0.05) is 43.3 Å². The number of aryl methyl sites for hydroxylation is 1. The normalized spacial score (nSPS) is 23.3. The number of nitrogens with one attached hydrogen (secondary N) is 1. The molecule has 2 aliphatic rings. The molecule has 2 aromatic carbocycles. The summed E-state index contributed by atoms with van der Waals surface area (Å²) in [4.78, 5) is 0. The monoisotopic (exact) mass is 293 g/mol. The summed E-state index contributed by atoms with van der Waals surface area (Å²) in [6.45, 7) is 4.12. The topological polar surface area (TPSA) is 21.3 Å². The molecule has 4 rings (SSSR count). The standard InChI is InChI=1S/C20H23NO/c1-2-14-3-5-15(6-4-14)19-12-18(13-21-19)16-7-8-20-17(11-16)9-10-22-20/h3-8,11,18-19,21H,2,9-10,12-13H2,1H3. The fourth-order valence-electron chi connectivity index (χ4n) is 3.69. The second kappa shape index (κ2) is 5.77. The Bertz CT molecular complexity index is 662. The van der Waals surface area contributed by atoms with Crippen LogP contribution in [0.2, 0.25) is 0 Å². The van der Waals surface area contributed by atoms with Crippen molar-refractivity contribution in [3.63, 3.8) is 0 Å². The van der Waals surface area contributed by atoms with Gasteiger partial charge in [0.05, 0.1) is 6.61 Å². The Hall–Kier alpha value is -1.80. The zero-order valence-electron chi connectivity index (χ0n) is 13.1. The molecule has 2 aromatic rings. The molecule has 0 radical (unpaired) electrons. The van der Waals surface area contributed by atoms with Gasteiger partial charge in [-0.3, -0.25) is 0 Å². The molecule has 1 N–H and O–H groups in total. The third-order valence-corrected chi connectivity index (χ3v) is 5.11. The minimum atomic E-state index is 0.486. The third kappa shape index (κ3) is 2.52. The van der Waals surface area contributed by atoms with Crippen LogP contribution >= 0.6 is 0 Å². The predicted molar refractivity (Wildman–Crippen MR) is 89.6 cm³/mol. The molecule has 2 heteroatoms. The summed E-state index contributed by atoms with van der Waals surface area (Å²) in [5, 5.41) is 3.70. The molecule has 0 amide bonds. The molecule has 114 valence electrons. The van der Waals surface area contributed by atoms with Gasteiger partial charge in [-0.15, -0.1) is 0 Å². The van der Waals surface area contributed by atoms with E-state index in [9.17, 15) is 0 Å². The fraction of sp³-hybridized carbons (Fsp3) is 0.400. The molecule has 0 spiro atoms. The Kier molecular flexibility index (Phi) is 3.63. The van der Waals surface area contributed by atoms with Crippen LogP contribution in [0.3, 0.4) is 0 Å². The van der Waals surface area contributed by atoms with Crippen molar-refractivity contribution in [3.05, 3.63) is 64.7 Å². The summed E-state index contributed by atoms with van der Waals surface area (Å²) >= 11 is 0. The van der Waals surface area contributed by atoms with Crippen LogP contribution < -0.4 is 10.1 Å². The first-order chi connectivity index (χ1) is 10.8. The lowest BCUT2D eigenvalue weighted by Crippen LogP contribution is -2.13. The molecule has 2 aliphatic heterocycles. The number of hydrogen-bond acceptors (Lipinski definition) is 2. The molecule has 0 aromatic heterocycles. The average Bonchev–Trinajstić information content (AvgIpc) is 3.23. The average molecular weight is 293 g/mol. The second-order valence-corrected chi connectivity index (χ2v) is 6.45. The Morgan fingerprint density at radius 3 is 2.73 bits per heavy atom. The van der Waals surface area contributed by atoms with Crippen LogP contribution in [0.25, 0.3) is 0 Å². The van der Waals surface area contributed by atoms with E-state index >= 15 is 0 Å². The van der Waals surface area contributed by atoms with Crippen molar-refractivity contribution < 1.29 is 4.74 Å². The maximum absolute atomic E-state index is 5.61. The van der Waals surface area contributed by atoms with E-state index in [0.717, 1.165) is 31.7 Å². The van der Waals surface area contributed by atoms with Crippen LogP contribution in [0.1, 0.15) is 47.6 Å². The van der Waals surface area contributed by atoms with Gasteiger partial charge in [0, 0.05) is 19.0 Å². The van der Waals surface area contributed by atoms with Crippen molar-refractivity contribution in [2.45, 2.75) is 38.1 Å². The zero-order chi connectivity index (χ0) is 14.9. The van der Waals surface area contributed by atoms with Crippen LogP contribution in [0.5, 0.6) is 5.75 Å². The molecule has 22 heavy (non-hydrogen) atoms. The molecule has 1 fully saturated rings. The van der Waals surface area contributed by atoms with Crippen LogP contribution in [-0.4, -0.2) is 13.2 Å². The van der Waals surface area contributed by atoms with E-state index in [1.807, 2.05) is 0 Å². The van der Waals surface area contributed by atoms with Gasteiger partial charge in [0.2, 0.25) is 0 Å². The molecular formula is C20H23NO. The van der Waals surface area contributed by atoms with E-state index in [4.69, 9.17) is 4.74 Å². The lowest BCUT2D eigenvalue weighted by atomic mass is 9.92. The van der Waals surface area contributed by atoms with E-state index in [2.05, 4.69) is 54.7 Å². The number of benzene rings is 2. The predicted octanol–water partition coefficient (Wildman–Crippen LogP) is 4.00. The highest BCUT2D eigenvalue weighted by molar-refractivity contribution is 5.41. The lowest BCUT2D eigenvalue weighted by Gasteiger charge is -2.13. The second-order valence-electron chi connectivity index (χ2n) is 6.45. The van der Waals surface area contributed by atoms with E-state index < -0.39 is 0 Å². The van der Waals surface area contributed by atoms with Crippen molar-refractivity contribution in [3.8, 4) is 5.75 Å². The highest BCUT2D eigenvalue weighted by Crippen LogP contribution is 2.36. The summed E-state index contributed by atoms with van der Waals surface area (Å²) < 4.78 is 5.61. The SMILES string of the molecule is CCc1ccc(C2CC(c3ccc4c(c3)CCO4)CN2)cc1. The van der Waals surface area contributed by atoms with E-state index in [1.54, 1.807) is 0 Å². The minimum absolute atomic E-state index is 0.486. The molecule has 2 unspecified atom stereocenters. The van der Waals surface area contributed by atoms with Crippen molar-refractivity contribution in [2.24, 2.45) is 0 Å². The van der Waals surface area contributed by atoms with Gasteiger partial charge in [0.1, 0.15) is 5.75 Å². The molecule has 0 bridgehead atoms. The minimum Gasteiger partial charge on any atom is -0.493 e. The van der Waals surface area contributed by atoms with Gasteiger partial charge in [-0.05, 0) is 47.1 Å². The summed E-state index contributed by atoms with van der Waals surface area (Å²) in [6.07, 6.45) is 3.36. The smallest absolute Gasteiger partial charge is 0.122 e. The fourth-order valence-corrected chi connectivity index (χ4v) is 3.69. The summed E-state index contributed by atoms with van der Waals surface area (Å²) in [6, 6.07) is 16.3. The Labute approximate surface area is 132 Å². The first-order valence-electron chi connectivity index (χ1n) is 8.41. The highest BCUT2D eigenvalue weighted by Gasteiger charge is 2.27. The van der Waals surface area contributed by atoms with Gasteiger partial charge in [0.15, 0.2) is 0 Å². The van der Waals surface area contributed by atoms with Gasteiger partial charge in [-0.2, -0.15) is 0 Å². The molecule has 0 aliphatic carbocycles. The number of rotatable bonds is 3. The van der Waals surface area contributed by atoms with Gasteiger partial charge in [-0.25, -0.2) is 0 Å². The molecule has 2 nitrogen and oxygen atoms in total. The first kappa shape index (κ1) is 13.8. The van der Waals surface area contributed by atoms with Gasteiger partial charge >= 0.3 is 0 Å². The highest BCUT2D eigenvalue weighted by atomic mass is 16.5. The summed E-state index contributed by atoms with van der Waals surface area (Å²) in [7, 11) is 0. The largest absolute Gasteiger partial charge is 0.493 e. The van der Waals surface area contributed by atoms with Crippen molar-refractivity contribution in [1.82, 2.24) is 5.32 Å². The van der Waals surface area contributed by atoms with Crippen LogP contribution in [0, 0.1) is 0 Å². The van der Waals surface area contributed by atoms with Crippen molar-refractivity contribution >= 4 is 0 Å². The van der Waals surface area contributed by atoms with Crippen molar-refractivity contribution in [1.29, 1.82) is 0 Å². The maximum Gasteiger partial charge on any atom is 0.122 e. The van der Waals surface area contributed by atoms with Crippen LogP contribution in [0.15, 0.2) is 42.5 Å². The third-order valence-electron chi connectivity index (χ3n) is 5.11. The molecule has 1 saturated heterocycles. The number of ether oxygens (including phenoxy) is 1. The van der Waals surface area contributed by atoms with Crippen molar-refractivity contribution in [2.75, 3.05) is 13.2 Å². The van der Waals surface area contributed by atoms with Crippen LogP contribution in [-0.2, 0) is 12.8 Å². The van der Waals surface area contributed by atoms with E-state index in [1.165, 1.54) is 28.7 Å². The first-order valence-corrected chi connectivity index (χ1v) is 8.41. The Morgan fingerprint density at radius 2 is 1.91 bits per heavy atom. The van der Waals surface area contributed by atoms with E-state index in [-0.39, 0.29) is 0 Å². The molecule has 2 heterocycles. The molecular weight excluding hydrogens is 270 g/mol. The van der Waals surface area contributed by atoms with Crippen LogP contribution in [0.4, 0.5) is 0 Å². The van der Waals surface area contributed by atoms with Gasteiger partial charge in [0.25, 0.3) is 0 Å². The zero-order valence-corrected chi connectivity index (χ0v) is 13.1.